The summed E-state index contributed by atoms with van der Waals surface area (Å²) >= 11 is 0. The zero-order valence-corrected chi connectivity index (χ0v) is 17.2. The second-order valence-electron chi connectivity index (χ2n) is 7.70. The minimum absolute atomic E-state index is 0.0837. The number of rotatable bonds is 5. The number of carbonyl (C=O) groups is 1. The van der Waals surface area contributed by atoms with Gasteiger partial charge in [0.1, 0.15) is 0 Å². The van der Waals surface area contributed by atoms with Gasteiger partial charge in [0.2, 0.25) is 10.0 Å². The number of nitrogens with one attached hydrogen (secondary N) is 1. The SMILES string of the molecule is O=C(c1ccco1)N1CCN(C2CCCCC2NS(=O)(=O)c2ccccc2)CC1. The fourth-order valence-corrected chi connectivity index (χ4v) is 5.69. The molecule has 2 aliphatic rings. The van der Waals surface area contributed by atoms with Crippen molar-refractivity contribution in [2.24, 2.45) is 0 Å². The molecule has 2 atom stereocenters. The van der Waals surface area contributed by atoms with E-state index in [-0.39, 0.29) is 18.0 Å². The molecule has 1 saturated carbocycles. The number of hydrogen-bond donors (Lipinski definition) is 1. The first-order chi connectivity index (χ1) is 14.0. The topological polar surface area (TPSA) is 82.9 Å². The van der Waals surface area contributed by atoms with Crippen LogP contribution in [0, 0.1) is 0 Å². The van der Waals surface area contributed by atoms with E-state index in [9.17, 15) is 13.2 Å². The molecule has 1 amide bonds. The van der Waals surface area contributed by atoms with E-state index in [1.807, 2.05) is 6.07 Å². The van der Waals surface area contributed by atoms with E-state index in [1.165, 1.54) is 6.26 Å². The van der Waals surface area contributed by atoms with Crippen LogP contribution in [0.4, 0.5) is 0 Å². The van der Waals surface area contributed by atoms with Gasteiger partial charge in [-0.05, 0) is 37.1 Å². The Kier molecular flexibility index (Phi) is 6.03. The standard InChI is InChI=1S/C21H27N3O4S/c25-21(20-11-6-16-28-20)24-14-12-23(13-15-24)19-10-5-4-9-18(19)22-29(26,27)17-7-2-1-3-8-17/h1-3,6-8,11,16,18-19,22H,4-5,9-10,12-15H2. The van der Waals surface area contributed by atoms with Crippen molar-refractivity contribution in [2.75, 3.05) is 26.2 Å². The average Bonchev–Trinajstić information content (AvgIpc) is 3.29. The van der Waals surface area contributed by atoms with Crippen LogP contribution in [0.2, 0.25) is 0 Å². The fourth-order valence-electron chi connectivity index (χ4n) is 4.37. The van der Waals surface area contributed by atoms with Crippen LogP contribution < -0.4 is 4.72 Å². The Bertz CT molecular complexity index is 907. The van der Waals surface area contributed by atoms with Gasteiger partial charge in [0, 0.05) is 38.3 Å². The van der Waals surface area contributed by atoms with Gasteiger partial charge >= 0.3 is 0 Å². The van der Waals surface area contributed by atoms with Crippen molar-refractivity contribution in [3.8, 4) is 0 Å². The highest BCUT2D eigenvalue weighted by atomic mass is 32.2. The number of sulfonamides is 1. The third-order valence-electron chi connectivity index (χ3n) is 5.89. The molecule has 1 N–H and O–H groups in total. The van der Waals surface area contributed by atoms with E-state index in [0.717, 1.165) is 38.8 Å². The average molecular weight is 418 g/mol. The number of furan rings is 1. The minimum Gasteiger partial charge on any atom is -0.459 e. The second kappa shape index (κ2) is 8.69. The molecule has 1 aromatic heterocycles. The van der Waals surface area contributed by atoms with Crippen LogP contribution in [0.3, 0.4) is 0 Å². The maximum Gasteiger partial charge on any atom is 0.289 e. The van der Waals surface area contributed by atoms with Gasteiger partial charge in [-0.2, -0.15) is 0 Å². The van der Waals surface area contributed by atoms with Crippen LogP contribution in [0.15, 0.2) is 58.0 Å². The Labute approximate surface area is 171 Å². The van der Waals surface area contributed by atoms with Gasteiger partial charge in [-0.15, -0.1) is 0 Å². The first-order valence-electron chi connectivity index (χ1n) is 10.2. The number of piperazine rings is 1. The van der Waals surface area contributed by atoms with E-state index in [1.54, 1.807) is 41.3 Å². The van der Waals surface area contributed by atoms with Crippen molar-refractivity contribution in [3.05, 3.63) is 54.5 Å². The zero-order valence-electron chi connectivity index (χ0n) is 16.4. The number of hydrogen-bond acceptors (Lipinski definition) is 5. The molecule has 2 unspecified atom stereocenters. The summed E-state index contributed by atoms with van der Waals surface area (Å²) in [7, 11) is -3.54. The summed E-state index contributed by atoms with van der Waals surface area (Å²) in [5, 5.41) is 0. The maximum absolute atomic E-state index is 12.8. The van der Waals surface area contributed by atoms with Gasteiger partial charge in [0.25, 0.3) is 5.91 Å². The van der Waals surface area contributed by atoms with Crippen molar-refractivity contribution >= 4 is 15.9 Å². The predicted octanol–water partition coefficient (Wildman–Crippen LogP) is 2.33. The van der Waals surface area contributed by atoms with E-state index in [4.69, 9.17) is 4.42 Å². The molecule has 0 spiro atoms. The van der Waals surface area contributed by atoms with Crippen molar-refractivity contribution < 1.29 is 17.6 Å². The summed E-state index contributed by atoms with van der Waals surface area (Å²) in [5.41, 5.74) is 0. The smallest absolute Gasteiger partial charge is 0.289 e. The molecule has 1 saturated heterocycles. The van der Waals surface area contributed by atoms with E-state index in [2.05, 4.69) is 9.62 Å². The highest BCUT2D eigenvalue weighted by molar-refractivity contribution is 7.89. The quantitative estimate of drug-likeness (QED) is 0.807. The third-order valence-corrected chi connectivity index (χ3v) is 7.40. The van der Waals surface area contributed by atoms with Gasteiger partial charge in [-0.3, -0.25) is 9.69 Å². The molecule has 1 aliphatic heterocycles. The highest BCUT2D eigenvalue weighted by Gasteiger charge is 2.35. The normalized spacial score (nSPS) is 23.8. The Morgan fingerprint density at radius 2 is 1.69 bits per heavy atom. The summed E-state index contributed by atoms with van der Waals surface area (Å²) in [6.45, 7) is 2.71. The number of carbonyl (C=O) groups excluding carboxylic acids is 1. The molecule has 29 heavy (non-hydrogen) atoms. The molecule has 1 aromatic carbocycles. The molecule has 8 heteroatoms. The van der Waals surface area contributed by atoms with Crippen LogP contribution in [-0.2, 0) is 10.0 Å². The molecule has 0 radical (unpaired) electrons. The Hall–Kier alpha value is -2.16. The van der Waals surface area contributed by atoms with Crippen molar-refractivity contribution in [2.45, 2.75) is 42.7 Å². The highest BCUT2D eigenvalue weighted by Crippen LogP contribution is 2.26. The monoisotopic (exact) mass is 417 g/mol. The van der Waals surface area contributed by atoms with E-state index in [0.29, 0.717) is 23.7 Å². The molecule has 2 heterocycles. The summed E-state index contributed by atoms with van der Waals surface area (Å²) in [6.07, 6.45) is 5.43. The first-order valence-corrected chi connectivity index (χ1v) is 11.7. The van der Waals surface area contributed by atoms with Gasteiger partial charge in [0.05, 0.1) is 11.2 Å². The largest absolute Gasteiger partial charge is 0.459 e. The third kappa shape index (κ3) is 4.55. The Morgan fingerprint density at radius 3 is 2.38 bits per heavy atom. The minimum atomic E-state index is -3.54. The van der Waals surface area contributed by atoms with E-state index >= 15 is 0 Å². The molecule has 4 rings (SSSR count). The lowest BCUT2D eigenvalue weighted by Gasteiger charge is -2.44. The van der Waals surface area contributed by atoms with Gasteiger partial charge in [0.15, 0.2) is 5.76 Å². The van der Waals surface area contributed by atoms with Crippen LogP contribution in [0.5, 0.6) is 0 Å². The fraction of sp³-hybridized carbons (Fsp3) is 0.476. The summed E-state index contributed by atoms with van der Waals surface area (Å²) < 4.78 is 33.8. The molecule has 2 fully saturated rings. The molecule has 1 aliphatic carbocycles. The molecule has 0 bridgehead atoms. The van der Waals surface area contributed by atoms with Crippen LogP contribution >= 0.6 is 0 Å². The number of benzene rings is 1. The van der Waals surface area contributed by atoms with Crippen molar-refractivity contribution in [1.29, 1.82) is 0 Å². The molecule has 7 nitrogen and oxygen atoms in total. The lowest BCUT2D eigenvalue weighted by atomic mass is 9.89. The molecular formula is C21H27N3O4S. The summed E-state index contributed by atoms with van der Waals surface area (Å²) in [6, 6.07) is 12.0. The first kappa shape index (κ1) is 20.1. The van der Waals surface area contributed by atoms with Crippen molar-refractivity contribution in [1.82, 2.24) is 14.5 Å². The Balaban J connectivity index is 1.40. The molecular weight excluding hydrogens is 390 g/mol. The summed E-state index contributed by atoms with van der Waals surface area (Å²) in [4.78, 5) is 16.9. The molecule has 156 valence electrons. The second-order valence-corrected chi connectivity index (χ2v) is 9.41. The van der Waals surface area contributed by atoms with Gasteiger partial charge in [-0.1, -0.05) is 31.0 Å². The van der Waals surface area contributed by atoms with Gasteiger partial charge < -0.3 is 9.32 Å². The number of amides is 1. The van der Waals surface area contributed by atoms with E-state index < -0.39 is 10.0 Å². The zero-order chi connectivity index (χ0) is 20.3. The van der Waals surface area contributed by atoms with Crippen LogP contribution in [0.25, 0.3) is 0 Å². The van der Waals surface area contributed by atoms with Crippen LogP contribution in [0.1, 0.15) is 36.2 Å². The lowest BCUT2D eigenvalue weighted by Crippen LogP contribution is -2.58. The predicted molar refractivity (Wildman–Crippen MR) is 109 cm³/mol. The lowest BCUT2D eigenvalue weighted by molar-refractivity contribution is 0.0455. The van der Waals surface area contributed by atoms with Gasteiger partial charge in [-0.25, -0.2) is 13.1 Å². The number of nitrogens with zero attached hydrogens (tertiary/aromatic N) is 2. The Morgan fingerprint density at radius 1 is 0.966 bits per heavy atom. The molecule has 2 aromatic rings. The maximum atomic E-state index is 12.8. The summed E-state index contributed by atoms with van der Waals surface area (Å²) in [5.74, 6) is 0.282. The van der Waals surface area contributed by atoms with Crippen molar-refractivity contribution in [3.63, 3.8) is 0 Å². The van der Waals surface area contributed by atoms with Crippen LogP contribution in [-0.4, -0.2) is 62.4 Å².